The smallest absolute Gasteiger partial charge is 0.231 e. The minimum Gasteiger partial charge on any atom is -0.454 e. The van der Waals surface area contributed by atoms with Crippen LogP contribution in [0.1, 0.15) is 42.5 Å². The molecule has 0 radical (unpaired) electrons. The van der Waals surface area contributed by atoms with E-state index in [1.807, 2.05) is 12.1 Å². The summed E-state index contributed by atoms with van der Waals surface area (Å²) in [5.74, 6) is 1.58. The number of ketones is 1. The number of carbonyl (C=O) groups is 1. The lowest BCUT2D eigenvalue weighted by Crippen LogP contribution is -2.30. The number of nitrogens with one attached hydrogen (secondary N) is 1. The number of carbonyl (C=O) groups excluding carboxylic acids is 1. The molecule has 4 nitrogen and oxygen atoms in total. The summed E-state index contributed by atoms with van der Waals surface area (Å²) in [6.45, 7) is 1.27. The largest absolute Gasteiger partial charge is 0.454 e. The third-order valence-corrected chi connectivity index (χ3v) is 3.79. The number of Topliss-reactive ketones (excluding diaryl/α,β-unsaturated/α-hetero) is 1. The van der Waals surface area contributed by atoms with Crippen LogP contribution in [0.5, 0.6) is 11.5 Å². The van der Waals surface area contributed by atoms with Crippen molar-refractivity contribution in [3.63, 3.8) is 0 Å². The van der Waals surface area contributed by atoms with Crippen LogP contribution < -0.4 is 14.8 Å². The Labute approximate surface area is 113 Å². The van der Waals surface area contributed by atoms with Crippen LogP contribution in [-0.4, -0.2) is 25.2 Å². The van der Waals surface area contributed by atoms with E-state index in [0.717, 1.165) is 24.3 Å². The first-order chi connectivity index (χ1) is 9.33. The summed E-state index contributed by atoms with van der Waals surface area (Å²) in [6.07, 6.45) is 5.36. The summed E-state index contributed by atoms with van der Waals surface area (Å²) in [5, 5.41) is 3.46. The van der Waals surface area contributed by atoms with Gasteiger partial charge in [0.15, 0.2) is 17.3 Å². The van der Waals surface area contributed by atoms with Crippen molar-refractivity contribution in [3.8, 4) is 11.5 Å². The van der Waals surface area contributed by atoms with E-state index >= 15 is 0 Å². The lowest BCUT2D eigenvalue weighted by atomic mass is 10.0. The first-order valence-corrected chi connectivity index (χ1v) is 6.99. The van der Waals surface area contributed by atoms with Gasteiger partial charge in [-0.2, -0.15) is 0 Å². The van der Waals surface area contributed by atoms with Crippen molar-refractivity contribution in [1.29, 1.82) is 0 Å². The van der Waals surface area contributed by atoms with Crippen LogP contribution in [0.3, 0.4) is 0 Å². The normalized spacial score (nSPS) is 22.0. The van der Waals surface area contributed by atoms with Gasteiger partial charge in [-0.25, -0.2) is 0 Å². The Bertz CT molecular complexity index is 464. The number of fused-ring (bicyclic) bond motifs is 1. The fourth-order valence-corrected chi connectivity index (χ4v) is 2.69. The third kappa shape index (κ3) is 2.89. The fourth-order valence-electron chi connectivity index (χ4n) is 2.69. The quantitative estimate of drug-likeness (QED) is 0.849. The average Bonchev–Trinajstić information content (AvgIpc) is 2.75. The summed E-state index contributed by atoms with van der Waals surface area (Å²) in [6, 6.07) is 5.75. The number of hydrogen-bond acceptors (Lipinski definition) is 4. The van der Waals surface area contributed by atoms with Gasteiger partial charge in [0.05, 0.1) is 0 Å². The number of hydrogen-bond donors (Lipinski definition) is 1. The molecule has 1 fully saturated rings. The van der Waals surface area contributed by atoms with E-state index in [4.69, 9.17) is 9.47 Å². The molecule has 4 heteroatoms. The molecule has 1 saturated heterocycles. The monoisotopic (exact) mass is 261 g/mol. The maximum absolute atomic E-state index is 12.3. The van der Waals surface area contributed by atoms with Crippen molar-refractivity contribution >= 4 is 5.78 Å². The van der Waals surface area contributed by atoms with Gasteiger partial charge in [0.25, 0.3) is 0 Å². The fraction of sp³-hybridized carbons (Fsp3) is 0.533. The van der Waals surface area contributed by atoms with E-state index in [-0.39, 0.29) is 12.6 Å². The van der Waals surface area contributed by atoms with Crippen LogP contribution in [-0.2, 0) is 0 Å². The second-order valence-electron chi connectivity index (χ2n) is 5.20. The molecule has 0 spiro atoms. The first kappa shape index (κ1) is 12.5. The molecule has 0 amide bonds. The molecule has 3 rings (SSSR count). The van der Waals surface area contributed by atoms with Gasteiger partial charge in [0, 0.05) is 18.0 Å². The molecule has 2 heterocycles. The SMILES string of the molecule is O=C(CC1CCCCCN1)c1ccc2c(c1)OCO2. The molecule has 102 valence electrons. The molecule has 1 aromatic rings. The van der Waals surface area contributed by atoms with E-state index in [1.54, 1.807) is 6.07 Å². The summed E-state index contributed by atoms with van der Waals surface area (Å²) < 4.78 is 10.6. The number of rotatable bonds is 3. The molecular formula is C15H19NO3. The predicted octanol–water partition coefficient (Wildman–Crippen LogP) is 2.52. The zero-order valence-electron chi connectivity index (χ0n) is 11.0. The second kappa shape index (κ2) is 5.61. The Morgan fingerprint density at radius 3 is 3.05 bits per heavy atom. The van der Waals surface area contributed by atoms with Crippen molar-refractivity contribution < 1.29 is 14.3 Å². The van der Waals surface area contributed by atoms with Crippen molar-refractivity contribution in [2.24, 2.45) is 0 Å². The lowest BCUT2D eigenvalue weighted by Gasteiger charge is -2.14. The highest BCUT2D eigenvalue weighted by Gasteiger charge is 2.19. The number of ether oxygens (including phenoxy) is 2. The Kier molecular flexibility index (Phi) is 3.69. The first-order valence-electron chi connectivity index (χ1n) is 6.99. The minimum absolute atomic E-state index is 0.178. The van der Waals surface area contributed by atoms with Gasteiger partial charge in [-0.15, -0.1) is 0 Å². The van der Waals surface area contributed by atoms with Crippen molar-refractivity contribution in [3.05, 3.63) is 23.8 Å². The van der Waals surface area contributed by atoms with Gasteiger partial charge < -0.3 is 14.8 Å². The maximum atomic E-state index is 12.3. The highest BCUT2D eigenvalue weighted by molar-refractivity contribution is 5.97. The highest BCUT2D eigenvalue weighted by atomic mass is 16.7. The average molecular weight is 261 g/mol. The van der Waals surface area contributed by atoms with Gasteiger partial charge in [0.1, 0.15) is 0 Å². The molecule has 1 N–H and O–H groups in total. The van der Waals surface area contributed by atoms with Gasteiger partial charge in [-0.05, 0) is 37.6 Å². The van der Waals surface area contributed by atoms with E-state index < -0.39 is 0 Å². The van der Waals surface area contributed by atoms with Crippen LogP contribution in [0.2, 0.25) is 0 Å². The van der Waals surface area contributed by atoms with Crippen LogP contribution in [0.25, 0.3) is 0 Å². The van der Waals surface area contributed by atoms with Crippen LogP contribution in [0, 0.1) is 0 Å². The van der Waals surface area contributed by atoms with E-state index in [2.05, 4.69) is 5.32 Å². The van der Waals surface area contributed by atoms with Crippen molar-refractivity contribution in [1.82, 2.24) is 5.32 Å². The van der Waals surface area contributed by atoms with Gasteiger partial charge in [-0.1, -0.05) is 12.8 Å². The van der Waals surface area contributed by atoms with E-state index in [1.165, 1.54) is 19.3 Å². The van der Waals surface area contributed by atoms with Gasteiger partial charge in [0.2, 0.25) is 6.79 Å². The summed E-state index contributed by atoms with van der Waals surface area (Å²) in [7, 11) is 0. The topological polar surface area (TPSA) is 47.6 Å². The summed E-state index contributed by atoms with van der Waals surface area (Å²) >= 11 is 0. The van der Waals surface area contributed by atoms with Gasteiger partial charge in [-0.3, -0.25) is 4.79 Å². The molecule has 0 bridgehead atoms. The van der Waals surface area contributed by atoms with Crippen LogP contribution >= 0.6 is 0 Å². The van der Waals surface area contributed by atoms with Gasteiger partial charge >= 0.3 is 0 Å². The molecule has 1 unspecified atom stereocenters. The lowest BCUT2D eigenvalue weighted by molar-refractivity contribution is 0.0967. The van der Waals surface area contributed by atoms with Crippen molar-refractivity contribution in [2.75, 3.05) is 13.3 Å². The number of benzene rings is 1. The zero-order valence-corrected chi connectivity index (χ0v) is 11.0. The molecule has 2 aliphatic rings. The second-order valence-corrected chi connectivity index (χ2v) is 5.20. The Hall–Kier alpha value is -1.55. The summed E-state index contributed by atoms with van der Waals surface area (Å²) in [4.78, 5) is 12.3. The maximum Gasteiger partial charge on any atom is 0.231 e. The predicted molar refractivity (Wildman–Crippen MR) is 71.8 cm³/mol. The highest BCUT2D eigenvalue weighted by Crippen LogP contribution is 2.33. The molecule has 19 heavy (non-hydrogen) atoms. The Balaban J connectivity index is 1.66. The zero-order chi connectivity index (χ0) is 13.1. The summed E-state index contributed by atoms with van der Waals surface area (Å²) in [5.41, 5.74) is 0.718. The van der Waals surface area contributed by atoms with Crippen LogP contribution in [0.15, 0.2) is 18.2 Å². The molecule has 1 aromatic carbocycles. The Morgan fingerprint density at radius 2 is 2.11 bits per heavy atom. The minimum atomic E-state index is 0.178. The van der Waals surface area contributed by atoms with Crippen LogP contribution in [0.4, 0.5) is 0 Å². The molecule has 0 aromatic heterocycles. The third-order valence-electron chi connectivity index (χ3n) is 3.79. The van der Waals surface area contributed by atoms with E-state index in [0.29, 0.717) is 18.2 Å². The molecule has 2 aliphatic heterocycles. The Morgan fingerprint density at radius 1 is 1.21 bits per heavy atom. The van der Waals surface area contributed by atoms with Crippen molar-refractivity contribution in [2.45, 2.75) is 38.1 Å². The molecular weight excluding hydrogens is 242 g/mol. The van der Waals surface area contributed by atoms with E-state index in [9.17, 15) is 4.79 Å². The molecule has 0 aliphatic carbocycles. The standard InChI is InChI=1S/C15H19NO3/c17-13(9-12-4-2-1-3-7-16-12)11-5-6-14-15(8-11)19-10-18-14/h5-6,8,12,16H,1-4,7,9-10H2. The molecule has 1 atom stereocenters. The molecule has 0 saturated carbocycles.